The lowest BCUT2D eigenvalue weighted by Crippen LogP contribution is -2.31. The largest absolute Gasteiger partial charge is 0.362 e. The number of ether oxygens (including phenoxy) is 2. The second-order valence-corrected chi connectivity index (χ2v) is 16.1. The molecule has 6 atom stereocenters. The van der Waals surface area contributed by atoms with Gasteiger partial charge in [0.05, 0.1) is 20.3 Å². The van der Waals surface area contributed by atoms with Crippen molar-refractivity contribution in [3.8, 4) is 0 Å². The van der Waals surface area contributed by atoms with E-state index in [1.807, 2.05) is 41.5 Å². The van der Waals surface area contributed by atoms with Crippen LogP contribution in [0, 0.1) is 47.3 Å². The average Bonchev–Trinajstić information content (AvgIpc) is 3.88. The Morgan fingerprint density at radius 3 is 1.15 bits per heavy atom. The minimum Gasteiger partial charge on any atom is -0.362 e. The molecule has 2 aliphatic rings. The van der Waals surface area contributed by atoms with Crippen molar-refractivity contribution in [1.82, 2.24) is 5.06 Å². The summed E-state index contributed by atoms with van der Waals surface area (Å²) in [6.45, 7) is 35.3. The fourth-order valence-corrected chi connectivity index (χ4v) is 5.61. The topological polar surface area (TPSA) is 106 Å². The molecule has 1 amide bonds. The molecule has 2 aliphatic heterocycles. The first-order valence-corrected chi connectivity index (χ1v) is 17.7. The highest BCUT2D eigenvalue weighted by Crippen LogP contribution is 2.32. The number of carbonyl (C=O) groups is 4. The second kappa shape index (κ2) is 21.9. The Balaban J connectivity index is 0. The van der Waals surface area contributed by atoms with Crippen molar-refractivity contribution in [2.75, 3.05) is 27.4 Å². The lowest BCUT2D eigenvalue weighted by molar-refractivity contribution is -0.173. The van der Waals surface area contributed by atoms with E-state index in [2.05, 4.69) is 62.0 Å². The number of epoxide rings is 2. The normalized spacial score (nSPS) is 22.0. The molecule has 8 heteroatoms. The summed E-state index contributed by atoms with van der Waals surface area (Å²) >= 11 is 0. The molecule has 276 valence electrons. The molecule has 0 radical (unpaired) electrons. The summed E-state index contributed by atoms with van der Waals surface area (Å²) in [6, 6.07) is 0. The van der Waals surface area contributed by atoms with E-state index in [1.165, 1.54) is 12.2 Å². The fraction of sp³-hybridized carbons (Fsp3) is 0.846. The van der Waals surface area contributed by atoms with Gasteiger partial charge in [-0.2, -0.15) is 0 Å². The van der Waals surface area contributed by atoms with E-state index < -0.39 is 11.2 Å². The molecule has 2 heterocycles. The van der Waals surface area contributed by atoms with Gasteiger partial charge in [-0.15, -0.1) is 0 Å². The smallest absolute Gasteiger partial charge is 0.248 e. The molecule has 2 fully saturated rings. The zero-order valence-electron chi connectivity index (χ0n) is 33.4. The summed E-state index contributed by atoms with van der Waals surface area (Å²) in [5, 5.41) is 1.28. The van der Waals surface area contributed by atoms with Crippen molar-refractivity contribution < 1.29 is 33.5 Å². The standard InChI is InChI=1S/2C10H18O2.C10H18O.C9H19NO2/c2*1-7(2)5-8(3)9(11)10(4)6-12-10;1-7(2)6-9(5)10(11)8(3)4;1-7(2)6-8(3)9(11)10(4)12-5/h2*7-8H,5-6H2,1-4H3;7,9H,3,6H2,1-2,4-5H3;7-8H,6H2,1-5H3/t2*8-,10?;9-;8-/m0000/s1. The van der Waals surface area contributed by atoms with Gasteiger partial charge in [0, 0.05) is 30.7 Å². The third-order valence-corrected chi connectivity index (χ3v) is 8.27. The average molecular weight is 668 g/mol. The van der Waals surface area contributed by atoms with E-state index in [9.17, 15) is 19.2 Å². The van der Waals surface area contributed by atoms with Gasteiger partial charge in [0.15, 0.2) is 17.3 Å². The molecule has 0 aromatic heterocycles. The van der Waals surface area contributed by atoms with Gasteiger partial charge in [-0.25, -0.2) is 5.06 Å². The van der Waals surface area contributed by atoms with Crippen LogP contribution in [0.15, 0.2) is 12.2 Å². The first-order chi connectivity index (χ1) is 21.3. The van der Waals surface area contributed by atoms with Gasteiger partial charge in [-0.1, -0.05) is 89.7 Å². The number of hydroxylamine groups is 2. The van der Waals surface area contributed by atoms with Gasteiger partial charge in [0.25, 0.3) is 0 Å². The molecule has 0 bridgehead atoms. The molecule has 0 aliphatic carbocycles. The number of rotatable bonds is 16. The molecular formula is C39H73NO7. The highest BCUT2D eigenvalue weighted by molar-refractivity contribution is 5.95. The van der Waals surface area contributed by atoms with Crippen molar-refractivity contribution in [2.45, 2.75) is 141 Å². The SMILES string of the molecule is C=C(C)C(=O)[C@@H](C)CC(C)C.CC(C)C[C@H](C)C(=O)C1(C)CO1.CC(C)C[C@H](C)C(=O)C1(C)CO1.CON(C)C(=O)[C@@H](C)CC(C)C. The van der Waals surface area contributed by atoms with Gasteiger partial charge >= 0.3 is 0 Å². The molecule has 0 aromatic carbocycles. The number of hydrogen-bond donors (Lipinski definition) is 0. The van der Waals surface area contributed by atoms with Crippen molar-refractivity contribution in [2.24, 2.45) is 47.3 Å². The van der Waals surface area contributed by atoms with Crippen LogP contribution in [0.4, 0.5) is 0 Å². The van der Waals surface area contributed by atoms with Crippen LogP contribution in [0.5, 0.6) is 0 Å². The van der Waals surface area contributed by atoms with Gasteiger partial charge in [0.1, 0.15) is 11.2 Å². The van der Waals surface area contributed by atoms with E-state index in [4.69, 9.17) is 14.3 Å². The predicted molar refractivity (Wildman–Crippen MR) is 193 cm³/mol. The second-order valence-electron chi connectivity index (χ2n) is 16.1. The van der Waals surface area contributed by atoms with Gasteiger partial charge in [-0.05, 0) is 75.7 Å². The number of allylic oxidation sites excluding steroid dienone is 1. The molecule has 2 rings (SSSR count). The first-order valence-electron chi connectivity index (χ1n) is 17.7. The van der Waals surface area contributed by atoms with E-state index in [0.717, 1.165) is 25.7 Å². The van der Waals surface area contributed by atoms with Crippen LogP contribution in [0.3, 0.4) is 0 Å². The highest BCUT2D eigenvalue weighted by Gasteiger charge is 2.49. The van der Waals surface area contributed by atoms with Crippen LogP contribution in [0.25, 0.3) is 0 Å². The highest BCUT2D eigenvalue weighted by atomic mass is 16.7. The number of ketones is 3. The molecule has 2 saturated heterocycles. The fourth-order valence-electron chi connectivity index (χ4n) is 5.61. The monoisotopic (exact) mass is 668 g/mol. The number of Topliss-reactive ketones (excluding diaryl/α,β-unsaturated/α-hetero) is 3. The minimum absolute atomic E-state index is 0.0474. The van der Waals surface area contributed by atoms with Gasteiger partial charge in [0.2, 0.25) is 5.91 Å². The van der Waals surface area contributed by atoms with Gasteiger partial charge in [-0.3, -0.25) is 24.0 Å². The zero-order valence-corrected chi connectivity index (χ0v) is 33.4. The lowest BCUT2D eigenvalue weighted by atomic mass is 9.89. The van der Waals surface area contributed by atoms with Crippen molar-refractivity contribution in [3.05, 3.63) is 12.2 Å². The Morgan fingerprint density at radius 2 is 0.915 bits per heavy atom. The van der Waals surface area contributed by atoms with E-state index in [-0.39, 0.29) is 46.9 Å². The Labute approximate surface area is 289 Å². The molecule has 8 nitrogen and oxygen atoms in total. The van der Waals surface area contributed by atoms with Crippen LogP contribution in [-0.2, 0) is 33.5 Å². The molecule has 2 unspecified atom stereocenters. The molecule has 0 aromatic rings. The maximum atomic E-state index is 11.6. The summed E-state index contributed by atoms with van der Waals surface area (Å²) in [6.07, 6.45) is 3.81. The summed E-state index contributed by atoms with van der Waals surface area (Å²) in [5.74, 6) is 3.62. The van der Waals surface area contributed by atoms with Crippen LogP contribution in [0.1, 0.15) is 130 Å². The number of nitrogens with zero attached hydrogens (tertiary/aromatic N) is 1. The Kier molecular flexibility index (Phi) is 22.0. The van der Waals surface area contributed by atoms with Crippen LogP contribution < -0.4 is 0 Å². The van der Waals surface area contributed by atoms with Crippen molar-refractivity contribution >= 4 is 23.3 Å². The van der Waals surface area contributed by atoms with Crippen molar-refractivity contribution in [1.29, 1.82) is 0 Å². The maximum absolute atomic E-state index is 11.6. The Morgan fingerprint density at radius 1 is 0.638 bits per heavy atom. The molecule has 47 heavy (non-hydrogen) atoms. The minimum atomic E-state index is -0.422. The quantitative estimate of drug-likeness (QED) is 0.0922. The van der Waals surface area contributed by atoms with E-state index in [1.54, 1.807) is 14.0 Å². The summed E-state index contributed by atoms with van der Waals surface area (Å²) in [7, 11) is 3.14. The zero-order chi connectivity index (χ0) is 37.4. The van der Waals surface area contributed by atoms with E-state index >= 15 is 0 Å². The third kappa shape index (κ3) is 20.3. The summed E-state index contributed by atoms with van der Waals surface area (Å²) in [4.78, 5) is 50.8. The number of amides is 1. The van der Waals surface area contributed by atoms with Crippen LogP contribution >= 0.6 is 0 Å². The van der Waals surface area contributed by atoms with E-state index in [0.29, 0.717) is 42.5 Å². The van der Waals surface area contributed by atoms with Crippen molar-refractivity contribution in [3.63, 3.8) is 0 Å². The van der Waals surface area contributed by atoms with Crippen LogP contribution in [0.2, 0.25) is 0 Å². The van der Waals surface area contributed by atoms with Crippen LogP contribution in [-0.4, -0.2) is 66.9 Å². The molecular weight excluding hydrogens is 594 g/mol. The predicted octanol–water partition coefficient (Wildman–Crippen LogP) is 8.56. The number of carbonyl (C=O) groups excluding carboxylic acids is 4. The summed E-state index contributed by atoms with van der Waals surface area (Å²) in [5.41, 5.74) is -0.166. The Bertz CT molecular complexity index is 934. The Hall–Kier alpha value is -1.90. The molecule has 0 N–H and O–H groups in total. The lowest BCUT2D eigenvalue weighted by Gasteiger charge is -2.19. The summed E-state index contributed by atoms with van der Waals surface area (Å²) < 4.78 is 10.2. The number of hydrogen-bond acceptors (Lipinski definition) is 7. The molecule has 0 spiro atoms. The maximum Gasteiger partial charge on any atom is 0.248 e. The van der Waals surface area contributed by atoms with Gasteiger partial charge < -0.3 is 9.47 Å². The first kappa shape index (κ1) is 47.2. The molecule has 0 saturated carbocycles. The third-order valence-electron chi connectivity index (χ3n) is 8.27.